The zero-order chi connectivity index (χ0) is 30.2. The molecule has 1 aliphatic heterocycles. The molecule has 1 fully saturated rings. The maximum absolute atomic E-state index is 13.7. The number of sulfone groups is 1. The predicted molar refractivity (Wildman–Crippen MR) is 163 cm³/mol. The lowest BCUT2D eigenvalue weighted by Gasteiger charge is -2.32. The van der Waals surface area contributed by atoms with Crippen LogP contribution in [-0.2, 0) is 18.9 Å². The van der Waals surface area contributed by atoms with E-state index in [4.69, 9.17) is 9.79 Å². The highest BCUT2D eigenvalue weighted by molar-refractivity contribution is 7.95. The highest BCUT2D eigenvalue weighted by atomic mass is 32.2. The van der Waals surface area contributed by atoms with Crippen molar-refractivity contribution < 1.29 is 32.1 Å². The lowest BCUT2D eigenvalue weighted by atomic mass is 9.89. The second kappa shape index (κ2) is 12.0. The molecule has 226 valence electrons. The van der Waals surface area contributed by atoms with Crippen LogP contribution in [0.4, 0.5) is 0 Å². The summed E-state index contributed by atoms with van der Waals surface area (Å²) < 4.78 is 41.0. The van der Waals surface area contributed by atoms with Gasteiger partial charge in [0.2, 0.25) is 0 Å². The van der Waals surface area contributed by atoms with Gasteiger partial charge in [0.25, 0.3) is 5.91 Å². The van der Waals surface area contributed by atoms with Gasteiger partial charge in [-0.1, -0.05) is 13.0 Å². The molecule has 0 saturated carbocycles. The number of hydrogen-bond acceptors (Lipinski definition) is 7. The summed E-state index contributed by atoms with van der Waals surface area (Å²) >= 11 is 0. The average Bonchev–Trinajstić information content (AvgIpc) is 3.33. The van der Waals surface area contributed by atoms with Crippen molar-refractivity contribution in [1.82, 2.24) is 20.2 Å². The fourth-order valence-electron chi connectivity index (χ4n) is 5.81. The summed E-state index contributed by atoms with van der Waals surface area (Å²) in [6, 6.07) is 3.90. The fourth-order valence-corrected chi connectivity index (χ4v) is 7.15. The predicted octanol–water partition coefficient (Wildman–Crippen LogP) is 4.13. The number of rotatable bonds is 9. The number of allylic oxidation sites excluding steroid dienone is 3. The Morgan fingerprint density at radius 1 is 1.24 bits per heavy atom. The van der Waals surface area contributed by atoms with Crippen LogP contribution in [0.25, 0.3) is 27.5 Å². The first kappa shape index (κ1) is 30.6. The monoisotopic (exact) mass is 616 g/mol. The molecule has 1 amide bonds. The summed E-state index contributed by atoms with van der Waals surface area (Å²) in [5, 5.41) is 5.04. The van der Waals surface area contributed by atoms with Crippen LogP contribution < -0.4 is 5.32 Å². The quantitative estimate of drug-likeness (QED) is 0.259. The number of benzene rings is 1. The number of likely N-dealkylation sites (tertiary alicyclic amines) is 1. The van der Waals surface area contributed by atoms with E-state index in [9.17, 15) is 17.8 Å². The summed E-state index contributed by atoms with van der Waals surface area (Å²) in [5.41, 5.74) is 5.53. The maximum atomic E-state index is 13.7. The Balaban J connectivity index is 1.46. The van der Waals surface area contributed by atoms with Gasteiger partial charge < -0.3 is 25.0 Å². The van der Waals surface area contributed by atoms with Crippen molar-refractivity contribution in [3.05, 3.63) is 57.6 Å². The van der Waals surface area contributed by atoms with Gasteiger partial charge in [-0.25, -0.2) is 18.0 Å². The molecule has 13 heteroatoms. The second-order valence-corrected chi connectivity index (χ2v) is 14.5. The number of aromatic nitrogens is 2. The Bertz CT molecular complexity index is 1750. The molecule has 1 saturated heterocycles. The van der Waals surface area contributed by atoms with E-state index in [1.165, 1.54) is 0 Å². The second-order valence-electron chi connectivity index (χ2n) is 11.0. The van der Waals surface area contributed by atoms with E-state index in [0.717, 1.165) is 38.6 Å². The normalized spacial score (nSPS) is 17.5. The van der Waals surface area contributed by atoms with E-state index in [1.807, 2.05) is 19.9 Å². The van der Waals surface area contributed by atoms with Gasteiger partial charge in [-0.2, -0.15) is 0 Å². The van der Waals surface area contributed by atoms with E-state index in [-0.39, 0.29) is 24.3 Å². The Kier molecular flexibility index (Phi) is 8.76. The molecule has 0 spiro atoms. The molecule has 2 aliphatic rings. The minimum atomic E-state index is -4.49. The van der Waals surface area contributed by atoms with Gasteiger partial charge in [-0.15, -0.1) is 0 Å². The Morgan fingerprint density at radius 3 is 2.67 bits per heavy atom. The maximum Gasteiger partial charge on any atom is 0.469 e. The number of nitrogens with one attached hydrogen (secondary N) is 2. The van der Waals surface area contributed by atoms with Crippen molar-refractivity contribution in [2.45, 2.75) is 52.5 Å². The number of H-pyrrole nitrogens is 1. The van der Waals surface area contributed by atoms with Gasteiger partial charge in [0.05, 0.1) is 22.8 Å². The molecule has 0 radical (unpaired) electrons. The van der Waals surface area contributed by atoms with E-state index >= 15 is 0 Å². The smallest absolute Gasteiger partial charge is 0.349 e. The van der Waals surface area contributed by atoms with Gasteiger partial charge in [-0.05, 0) is 80.0 Å². The van der Waals surface area contributed by atoms with E-state index < -0.39 is 17.7 Å². The molecule has 11 nitrogen and oxygen atoms in total. The molecule has 5 rings (SSSR count). The van der Waals surface area contributed by atoms with Crippen LogP contribution in [0.2, 0.25) is 0 Å². The van der Waals surface area contributed by atoms with Crippen molar-refractivity contribution in [3.8, 4) is 0 Å². The molecule has 3 heterocycles. The van der Waals surface area contributed by atoms with Crippen LogP contribution in [0.3, 0.4) is 0 Å². The molecular weight excluding hydrogens is 579 g/mol. The third-order valence-electron chi connectivity index (χ3n) is 8.12. The first-order valence-electron chi connectivity index (χ1n) is 14.1. The number of fused-ring (bicyclic) bond motifs is 3. The average molecular weight is 617 g/mol. The molecule has 0 bridgehead atoms. The van der Waals surface area contributed by atoms with E-state index in [0.29, 0.717) is 61.4 Å². The Labute approximate surface area is 245 Å². The zero-order valence-corrected chi connectivity index (χ0v) is 25.7. The Hall–Kier alpha value is -2.86. The van der Waals surface area contributed by atoms with Crippen molar-refractivity contribution >= 4 is 51.1 Å². The SMILES string of the molecule is CCS(=O)(=O)C1=CCCC(c2cc(C(=O)NC3CCN(CCOP(=O)(O)O)CC3)c(C)c3[nH]c4ncc(C)cc4c23)=C1. The van der Waals surface area contributed by atoms with Gasteiger partial charge in [0.1, 0.15) is 5.65 Å². The largest absolute Gasteiger partial charge is 0.469 e. The van der Waals surface area contributed by atoms with E-state index in [2.05, 4.69) is 30.8 Å². The molecule has 1 aromatic carbocycles. The summed E-state index contributed by atoms with van der Waals surface area (Å²) in [4.78, 5) is 41.9. The number of carbonyl (C=O) groups excluding carboxylic acids is 1. The summed E-state index contributed by atoms with van der Waals surface area (Å²) in [7, 11) is -7.88. The number of pyridine rings is 1. The fraction of sp³-hybridized carbons (Fsp3) is 0.448. The third kappa shape index (κ3) is 6.54. The van der Waals surface area contributed by atoms with Crippen LogP contribution in [0, 0.1) is 13.8 Å². The van der Waals surface area contributed by atoms with Crippen molar-refractivity contribution in [3.63, 3.8) is 0 Å². The molecular formula is C29H37N4O7PS. The minimum absolute atomic E-state index is 0.0191. The number of aryl methyl sites for hydroxylation is 2. The summed E-state index contributed by atoms with van der Waals surface area (Å²) in [5.74, 6) is -0.180. The molecule has 4 N–H and O–H groups in total. The molecule has 0 unspecified atom stereocenters. The first-order chi connectivity index (χ1) is 19.9. The number of phosphoric ester groups is 1. The lowest BCUT2D eigenvalue weighted by molar-refractivity contribution is 0.0898. The van der Waals surface area contributed by atoms with Crippen molar-refractivity contribution in [1.29, 1.82) is 0 Å². The molecule has 42 heavy (non-hydrogen) atoms. The topological polar surface area (TPSA) is 162 Å². The Morgan fingerprint density at radius 2 is 1.98 bits per heavy atom. The highest BCUT2D eigenvalue weighted by Crippen LogP contribution is 2.39. The molecule has 3 aromatic rings. The van der Waals surface area contributed by atoms with Crippen LogP contribution >= 0.6 is 7.82 Å². The molecule has 2 aromatic heterocycles. The van der Waals surface area contributed by atoms with Gasteiger partial charge in [-0.3, -0.25) is 9.32 Å². The number of phosphoric acid groups is 1. The number of hydrogen-bond donors (Lipinski definition) is 4. The number of nitrogens with zero attached hydrogens (tertiary/aromatic N) is 2. The highest BCUT2D eigenvalue weighted by Gasteiger charge is 2.26. The number of carbonyl (C=O) groups is 1. The first-order valence-corrected chi connectivity index (χ1v) is 17.3. The van der Waals surface area contributed by atoms with Crippen LogP contribution in [0.1, 0.15) is 59.7 Å². The van der Waals surface area contributed by atoms with Crippen LogP contribution in [0.5, 0.6) is 0 Å². The van der Waals surface area contributed by atoms with E-state index in [1.54, 1.807) is 25.3 Å². The number of aromatic amines is 1. The lowest BCUT2D eigenvalue weighted by Crippen LogP contribution is -2.45. The zero-order valence-electron chi connectivity index (χ0n) is 24.0. The van der Waals surface area contributed by atoms with Gasteiger partial charge in [0, 0.05) is 48.2 Å². The van der Waals surface area contributed by atoms with Gasteiger partial charge in [0.15, 0.2) is 9.84 Å². The third-order valence-corrected chi connectivity index (χ3v) is 10.4. The summed E-state index contributed by atoms with van der Waals surface area (Å²) in [6.07, 6.45) is 7.95. The molecule has 1 aliphatic carbocycles. The van der Waals surface area contributed by atoms with Crippen molar-refractivity contribution in [2.75, 3.05) is 32.0 Å². The minimum Gasteiger partial charge on any atom is -0.349 e. The van der Waals surface area contributed by atoms with Crippen LogP contribution in [-0.4, -0.2) is 77.0 Å². The van der Waals surface area contributed by atoms with Crippen molar-refractivity contribution in [2.24, 2.45) is 0 Å². The standard InChI is InChI=1S/C29H37N4O7PS/c1-4-42(38,39)22-7-5-6-20(15-22)24-16-23(19(3)27-26(24)25-14-18(2)17-30-28(25)32-27)29(34)31-21-8-10-33(11-9-21)12-13-40-41(35,36)37/h7,14-17,21H,4-6,8-13H2,1-3H3,(H,30,32)(H,31,34)(H2,35,36,37). The number of piperidine rings is 1. The van der Waals surface area contributed by atoms with Crippen LogP contribution in [0.15, 0.2) is 35.4 Å². The molecule has 0 atom stereocenters. The number of amides is 1. The van der Waals surface area contributed by atoms with Gasteiger partial charge >= 0.3 is 7.82 Å². The summed E-state index contributed by atoms with van der Waals surface area (Å²) in [6.45, 7) is 7.20.